The second-order valence-corrected chi connectivity index (χ2v) is 9.74. The van der Waals surface area contributed by atoms with Crippen molar-refractivity contribution in [3.8, 4) is 0 Å². The molecular weight excluding hydrogens is 448 g/mol. The number of benzene rings is 1. The van der Waals surface area contributed by atoms with E-state index in [1.807, 2.05) is 22.8 Å². The molecule has 7 nitrogen and oxygen atoms in total. The van der Waals surface area contributed by atoms with Gasteiger partial charge in [-0.3, -0.25) is 19.1 Å². The number of nitrogens with zero attached hydrogens (tertiary/aromatic N) is 3. The third kappa shape index (κ3) is 6.95. The molecule has 0 bridgehead atoms. The van der Waals surface area contributed by atoms with Crippen molar-refractivity contribution in [2.24, 2.45) is 7.05 Å². The van der Waals surface area contributed by atoms with Gasteiger partial charge in [0.1, 0.15) is 0 Å². The fourth-order valence-corrected chi connectivity index (χ4v) is 5.04. The van der Waals surface area contributed by atoms with Crippen molar-refractivity contribution in [3.05, 3.63) is 56.7 Å². The zero-order chi connectivity index (χ0) is 24.3. The number of thioether (sulfide) groups is 1. The Bertz CT molecular complexity index is 1180. The molecule has 34 heavy (non-hydrogen) atoms. The highest BCUT2D eigenvalue weighted by molar-refractivity contribution is 7.99. The standard InChI is InChI=1S/C26H36N4O3S/c1-3-4-5-6-7-8-9-10-11-15-18-30-22-23(29(2)25(33)28-24(22)32)27-26(30)34-19-21(31)20-16-13-12-14-17-20/h12-14,16-17H,3-11,15,18-19H2,1-2H3,(H,28,32,33). The Morgan fingerprint density at radius 1 is 0.941 bits per heavy atom. The lowest BCUT2D eigenvalue weighted by molar-refractivity contribution is 0.102. The summed E-state index contributed by atoms with van der Waals surface area (Å²) < 4.78 is 3.23. The van der Waals surface area contributed by atoms with Crippen molar-refractivity contribution in [2.75, 3.05) is 5.75 Å². The van der Waals surface area contributed by atoms with E-state index in [1.165, 1.54) is 67.7 Å². The number of hydrogen-bond acceptors (Lipinski definition) is 5. The van der Waals surface area contributed by atoms with Gasteiger partial charge in [0.15, 0.2) is 22.1 Å². The lowest BCUT2D eigenvalue weighted by Gasteiger charge is -2.09. The number of ketones is 1. The maximum atomic E-state index is 12.6. The summed E-state index contributed by atoms with van der Waals surface area (Å²) >= 11 is 1.31. The lowest BCUT2D eigenvalue weighted by Crippen LogP contribution is -2.29. The van der Waals surface area contributed by atoms with E-state index in [4.69, 9.17) is 0 Å². The van der Waals surface area contributed by atoms with E-state index >= 15 is 0 Å². The van der Waals surface area contributed by atoms with E-state index in [9.17, 15) is 14.4 Å². The highest BCUT2D eigenvalue weighted by atomic mass is 32.2. The molecule has 3 rings (SSSR count). The minimum atomic E-state index is -0.488. The molecule has 0 saturated carbocycles. The molecule has 1 aromatic carbocycles. The predicted molar refractivity (Wildman–Crippen MR) is 139 cm³/mol. The molecule has 0 radical (unpaired) electrons. The van der Waals surface area contributed by atoms with E-state index in [2.05, 4.69) is 16.9 Å². The van der Waals surface area contributed by atoms with Crippen molar-refractivity contribution < 1.29 is 4.79 Å². The van der Waals surface area contributed by atoms with Crippen molar-refractivity contribution >= 4 is 28.7 Å². The summed E-state index contributed by atoms with van der Waals surface area (Å²) in [5.41, 5.74) is 0.484. The molecule has 0 amide bonds. The van der Waals surface area contributed by atoms with Crippen LogP contribution in [0.15, 0.2) is 45.1 Å². The number of hydrogen-bond donors (Lipinski definition) is 1. The minimum Gasteiger partial charge on any atom is -0.313 e. The number of Topliss-reactive ketones (excluding diaryl/α,β-unsaturated/α-hetero) is 1. The Morgan fingerprint density at radius 2 is 1.56 bits per heavy atom. The minimum absolute atomic E-state index is 0.00550. The molecule has 0 saturated heterocycles. The Labute approximate surface area is 205 Å². The molecule has 2 aromatic heterocycles. The van der Waals surface area contributed by atoms with Crippen LogP contribution in [0.25, 0.3) is 11.2 Å². The van der Waals surface area contributed by atoms with Crippen molar-refractivity contribution in [1.29, 1.82) is 0 Å². The number of unbranched alkanes of at least 4 members (excludes halogenated alkanes) is 9. The molecule has 0 aliphatic carbocycles. The molecular formula is C26H36N4O3S. The van der Waals surface area contributed by atoms with Gasteiger partial charge >= 0.3 is 5.69 Å². The summed E-state index contributed by atoms with van der Waals surface area (Å²) in [6.45, 7) is 2.87. The summed E-state index contributed by atoms with van der Waals surface area (Å²) in [6, 6.07) is 9.15. The smallest absolute Gasteiger partial charge is 0.313 e. The maximum absolute atomic E-state index is 12.6. The molecule has 0 unspecified atom stereocenters. The van der Waals surface area contributed by atoms with E-state index in [1.54, 1.807) is 19.2 Å². The summed E-state index contributed by atoms with van der Waals surface area (Å²) in [5, 5.41) is 0.599. The van der Waals surface area contributed by atoms with Crippen LogP contribution in [-0.4, -0.2) is 30.6 Å². The first-order valence-corrected chi connectivity index (χ1v) is 13.4. The number of imidazole rings is 1. The number of H-pyrrole nitrogens is 1. The first kappa shape index (κ1) is 26.0. The van der Waals surface area contributed by atoms with Crippen LogP contribution in [-0.2, 0) is 13.6 Å². The van der Waals surface area contributed by atoms with Gasteiger partial charge in [-0.2, -0.15) is 0 Å². The van der Waals surface area contributed by atoms with Crippen LogP contribution < -0.4 is 11.2 Å². The van der Waals surface area contributed by atoms with Crippen molar-refractivity contribution in [2.45, 2.75) is 82.8 Å². The summed E-state index contributed by atoms with van der Waals surface area (Å²) in [6.07, 6.45) is 12.3. The Hall–Kier alpha value is -2.61. The fourth-order valence-electron chi connectivity index (χ4n) is 4.13. The second kappa shape index (κ2) is 13.3. The number of aryl methyl sites for hydroxylation is 2. The average molecular weight is 485 g/mol. The van der Waals surface area contributed by atoms with Crippen molar-refractivity contribution in [1.82, 2.24) is 19.1 Å². The Morgan fingerprint density at radius 3 is 2.21 bits per heavy atom. The van der Waals surface area contributed by atoms with Gasteiger partial charge in [-0.05, 0) is 6.42 Å². The molecule has 0 atom stereocenters. The van der Waals surface area contributed by atoms with Gasteiger partial charge in [0, 0.05) is 19.2 Å². The molecule has 0 spiro atoms. The first-order valence-electron chi connectivity index (χ1n) is 12.4. The summed E-state index contributed by atoms with van der Waals surface area (Å²) in [4.78, 5) is 44.2. The summed E-state index contributed by atoms with van der Waals surface area (Å²) in [5.74, 6) is 0.225. The molecule has 0 fully saturated rings. The van der Waals surface area contributed by atoms with E-state index < -0.39 is 11.2 Å². The number of fused-ring (bicyclic) bond motifs is 1. The van der Waals surface area contributed by atoms with Gasteiger partial charge in [0.2, 0.25) is 0 Å². The monoisotopic (exact) mass is 484 g/mol. The van der Waals surface area contributed by atoms with Gasteiger partial charge in [-0.1, -0.05) is 107 Å². The molecule has 0 aliphatic rings. The van der Waals surface area contributed by atoms with Crippen LogP contribution in [0.3, 0.4) is 0 Å². The second-order valence-electron chi connectivity index (χ2n) is 8.80. The highest BCUT2D eigenvalue weighted by Crippen LogP contribution is 2.23. The van der Waals surface area contributed by atoms with E-state index in [0.717, 1.165) is 12.8 Å². The highest BCUT2D eigenvalue weighted by Gasteiger charge is 2.18. The van der Waals surface area contributed by atoms with Gasteiger partial charge in [0.25, 0.3) is 5.56 Å². The summed E-state index contributed by atoms with van der Waals surface area (Å²) in [7, 11) is 1.60. The topological polar surface area (TPSA) is 89.8 Å². The quantitative estimate of drug-likeness (QED) is 0.179. The SMILES string of the molecule is CCCCCCCCCCCCn1c(SCC(=O)c2ccccc2)nc2c1c(=O)[nH]c(=O)n2C. The first-order chi connectivity index (χ1) is 16.5. The number of aromatic amines is 1. The predicted octanol–water partition coefficient (Wildman–Crippen LogP) is 5.32. The van der Waals surface area contributed by atoms with Crippen LogP contribution in [0.1, 0.15) is 81.5 Å². The molecule has 2 heterocycles. The Kier molecular flexibility index (Phi) is 10.2. The largest absolute Gasteiger partial charge is 0.329 e. The number of carbonyl (C=O) groups is 1. The van der Waals surface area contributed by atoms with Crippen LogP contribution in [0.2, 0.25) is 0 Å². The van der Waals surface area contributed by atoms with Crippen LogP contribution >= 0.6 is 11.8 Å². The average Bonchev–Trinajstić information content (AvgIpc) is 3.22. The van der Waals surface area contributed by atoms with Crippen molar-refractivity contribution in [3.63, 3.8) is 0 Å². The van der Waals surface area contributed by atoms with Crippen LogP contribution in [0.5, 0.6) is 0 Å². The zero-order valence-electron chi connectivity index (χ0n) is 20.3. The van der Waals surface area contributed by atoms with E-state index in [0.29, 0.717) is 28.4 Å². The Balaban J connectivity index is 1.64. The normalized spacial score (nSPS) is 11.4. The van der Waals surface area contributed by atoms with E-state index in [-0.39, 0.29) is 11.5 Å². The number of aromatic nitrogens is 4. The zero-order valence-corrected chi connectivity index (χ0v) is 21.2. The fraction of sp³-hybridized carbons (Fsp3) is 0.538. The molecule has 1 N–H and O–H groups in total. The number of nitrogens with one attached hydrogen (secondary N) is 1. The van der Waals surface area contributed by atoms with Gasteiger partial charge in [0.05, 0.1) is 5.75 Å². The molecule has 0 aliphatic heterocycles. The number of rotatable bonds is 15. The van der Waals surface area contributed by atoms with Crippen LogP contribution in [0.4, 0.5) is 0 Å². The lowest BCUT2D eigenvalue weighted by atomic mass is 10.1. The van der Waals surface area contributed by atoms with Gasteiger partial charge < -0.3 is 4.57 Å². The number of carbonyl (C=O) groups excluding carboxylic acids is 1. The molecule has 8 heteroatoms. The molecule has 3 aromatic rings. The van der Waals surface area contributed by atoms with Gasteiger partial charge in [-0.15, -0.1) is 0 Å². The molecule has 184 valence electrons. The van der Waals surface area contributed by atoms with Crippen LogP contribution in [0, 0.1) is 0 Å². The third-order valence-corrected chi connectivity index (χ3v) is 7.11. The van der Waals surface area contributed by atoms with Gasteiger partial charge in [-0.25, -0.2) is 9.78 Å². The maximum Gasteiger partial charge on any atom is 0.329 e. The third-order valence-electron chi connectivity index (χ3n) is 6.14.